The van der Waals surface area contributed by atoms with Crippen LogP contribution in [0.5, 0.6) is 5.75 Å². The summed E-state index contributed by atoms with van der Waals surface area (Å²) in [6, 6.07) is 13.1. The average Bonchev–Trinajstić information content (AvgIpc) is 3.11. The fraction of sp³-hybridized carbons (Fsp3) is 0.556. The Morgan fingerprint density at radius 1 is 0.967 bits per heavy atom. The molecule has 2 nitrogen and oxygen atoms in total. The Bertz CT molecular complexity index is 862. The summed E-state index contributed by atoms with van der Waals surface area (Å²) >= 11 is 2.06. The first-order valence-electron chi connectivity index (χ1n) is 11.8. The van der Waals surface area contributed by atoms with Crippen LogP contribution >= 0.6 is 11.8 Å². The van der Waals surface area contributed by atoms with Gasteiger partial charge in [0.1, 0.15) is 5.75 Å². The molecule has 0 atom stereocenters. The normalized spacial score (nSPS) is 18.2. The van der Waals surface area contributed by atoms with Crippen molar-refractivity contribution in [3.63, 3.8) is 0 Å². The van der Waals surface area contributed by atoms with Crippen LogP contribution < -0.4 is 4.90 Å². The molecule has 1 saturated carbocycles. The van der Waals surface area contributed by atoms with Crippen molar-refractivity contribution in [2.24, 2.45) is 0 Å². The van der Waals surface area contributed by atoms with Crippen molar-refractivity contribution in [2.45, 2.75) is 88.6 Å². The highest BCUT2D eigenvalue weighted by Gasteiger charge is 2.26. The monoisotopic (exact) mass is 423 g/mol. The smallest absolute Gasteiger partial charge is 0.143 e. The predicted molar refractivity (Wildman–Crippen MR) is 131 cm³/mol. The molecule has 0 aromatic heterocycles. The number of phenolic OH excluding ortho intramolecular Hbond substituents is 1. The van der Waals surface area contributed by atoms with Crippen molar-refractivity contribution in [3.05, 3.63) is 53.1 Å². The van der Waals surface area contributed by atoms with Crippen LogP contribution in [0.1, 0.15) is 82.4 Å². The average molecular weight is 424 g/mol. The maximum absolute atomic E-state index is 11.3. The van der Waals surface area contributed by atoms with Crippen molar-refractivity contribution < 1.29 is 5.11 Å². The summed E-state index contributed by atoms with van der Waals surface area (Å²) in [4.78, 5) is 2.32. The van der Waals surface area contributed by atoms with Gasteiger partial charge in [0.15, 0.2) is 0 Å². The van der Waals surface area contributed by atoms with E-state index in [0.717, 1.165) is 35.2 Å². The van der Waals surface area contributed by atoms with Crippen LogP contribution in [0.4, 0.5) is 11.4 Å². The first kappa shape index (κ1) is 21.6. The summed E-state index contributed by atoms with van der Waals surface area (Å²) in [5, 5.41) is 12.1. The molecule has 1 aliphatic heterocycles. The maximum atomic E-state index is 11.3. The first-order valence-corrected chi connectivity index (χ1v) is 12.8. The fourth-order valence-electron chi connectivity index (χ4n) is 4.81. The predicted octanol–water partition coefficient (Wildman–Crippen LogP) is 7.73. The molecule has 0 amide bonds. The van der Waals surface area contributed by atoms with E-state index < -0.39 is 0 Å². The lowest BCUT2D eigenvalue weighted by atomic mass is 9.85. The van der Waals surface area contributed by atoms with Gasteiger partial charge in [-0.1, -0.05) is 77.1 Å². The van der Waals surface area contributed by atoms with Crippen LogP contribution in [-0.4, -0.2) is 16.9 Å². The highest BCUT2D eigenvalue weighted by molar-refractivity contribution is 7.99. The lowest BCUT2D eigenvalue weighted by Gasteiger charge is -2.27. The lowest BCUT2D eigenvalue weighted by molar-refractivity contribution is 0.469. The third-order valence-electron chi connectivity index (χ3n) is 6.74. The van der Waals surface area contributed by atoms with Gasteiger partial charge in [-0.15, -0.1) is 0 Å². The third kappa shape index (κ3) is 4.82. The summed E-state index contributed by atoms with van der Waals surface area (Å²) in [6.07, 6.45) is 10.6. The molecule has 4 rings (SSSR count). The van der Waals surface area contributed by atoms with Gasteiger partial charge >= 0.3 is 0 Å². The van der Waals surface area contributed by atoms with E-state index in [4.69, 9.17) is 0 Å². The minimum absolute atomic E-state index is 0.0569. The van der Waals surface area contributed by atoms with Crippen LogP contribution in [0, 0.1) is 0 Å². The van der Waals surface area contributed by atoms with Crippen molar-refractivity contribution in [1.82, 2.24) is 0 Å². The van der Waals surface area contributed by atoms with E-state index in [1.165, 1.54) is 61.8 Å². The highest BCUT2D eigenvalue weighted by Crippen LogP contribution is 2.44. The number of rotatable bonds is 4. The van der Waals surface area contributed by atoms with Crippen LogP contribution in [0.2, 0.25) is 0 Å². The Labute approximate surface area is 187 Å². The zero-order chi connectivity index (χ0) is 21.1. The standard InChI is InChI=1S/C27H37NOS/c1-27(2,3)22-17-21(19-30-23-12-7-5-4-6-8-13-23)26(29)25(18-22)28-16-15-20-11-9-10-14-24(20)28/h9-11,14,17-18,23,29H,4-8,12-13,15-16,19H2,1-3H3. The number of hydrogen-bond acceptors (Lipinski definition) is 3. The first-order chi connectivity index (χ1) is 14.4. The number of para-hydroxylation sites is 1. The SMILES string of the molecule is CC(C)(C)c1cc(CSC2CCCCCCC2)c(O)c(N2CCc3ccccc32)c1. The molecule has 30 heavy (non-hydrogen) atoms. The minimum Gasteiger partial charge on any atom is -0.505 e. The molecule has 0 saturated heterocycles. The van der Waals surface area contributed by atoms with Crippen LogP contribution in [0.3, 0.4) is 0 Å². The van der Waals surface area contributed by atoms with Gasteiger partial charge in [0.05, 0.1) is 5.69 Å². The molecule has 0 bridgehead atoms. The minimum atomic E-state index is 0.0569. The van der Waals surface area contributed by atoms with E-state index in [-0.39, 0.29) is 5.41 Å². The second-order valence-corrected chi connectivity index (χ2v) is 11.4. The summed E-state index contributed by atoms with van der Waals surface area (Å²) in [6.45, 7) is 7.75. The number of anilines is 2. The zero-order valence-electron chi connectivity index (χ0n) is 18.9. The number of thioether (sulfide) groups is 1. The molecular formula is C27H37NOS. The van der Waals surface area contributed by atoms with Crippen molar-refractivity contribution in [1.29, 1.82) is 0 Å². The molecule has 1 heterocycles. The molecule has 1 aliphatic carbocycles. The number of aromatic hydroxyl groups is 1. The van der Waals surface area contributed by atoms with Gasteiger partial charge in [0.25, 0.3) is 0 Å². The number of nitrogens with zero attached hydrogens (tertiary/aromatic N) is 1. The van der Waals surface area contributed by atoms with Crippen LogP contribution in [0.25, 0.3) is 0 Å². The quantitative estimate of drug-likeness (QED) is 0.544. The zero-order valence-corrected chi connectivity index (χ0v) is 19.7. The Morgan fingerprint density at radius 3 is 2.40 bits per heavy atom. The van der Waals surface area contributed by atoms with E-state index >= 15 is 0 Å². The summed E-state index contributed by atoms with van der Waals surface area (Å²) in [5.41, 5.74) is 6.09. The van der Waals surface area contributed by atoms with Crippen molar-refractivity contribution in [2.75, 3.05) is 11.4 Å². The molecule has 2 aliphatic rings. The maximum Gasteiger partial charge on any atom is 0.143 e. The van der Waals surface area contributed by atoms with E-state index in [2.05, 4.69) is 73.8 Å². The molecule has 1 N–H and O–H groups in total. The van der Waals surface area contributed by atoms with E-state index in [1.807, 2.05) is 0 Å². The van der Waals surface area contributed by atoms with Gasteiger partial charge in [-0.25, -0.2) is 0 Å². The molecule has 0 radical (unpaired) electrons. The Balaban J connectivity index is 1.63. The number of phenols is 1. The molecule has 3 heteroatoms. The molecule has 162 valence electrons. The largest absolute Gasteiger partial charge is 0.505 e. The Kier molecular flexibility index (Phi) is 6.67. The molecule has 0 spiro atoms. The molecule has 2 aromatic carbocycles. The number of hydrogen-bond donors (Lipinski definition) is 1. The van der Waals surface area contributed by atoms with Gasteiger partial charge in [0, 0.05) is 28.8 Å². The highest BCUT2D eigenvalue weighted by atomic mass is 32.2. The van der Waals surface area contributed by atoms with Gasteiger partial charge in [-0.3, -0.25) is 0 Å². The Morgan fingerprint density at radius 2 is 1.67 bits per heavy atom. The number of benzene rings is 2. The van der Waals surface area contributed by atoms with E-state index in [0.29, 0.717) is 5.75 Å². The van der Waals surface area contributed by atoms with Crippen molar-refractivity contribution in [3.8, 4) is 5.75 Å². The topological polar surface area (TPSA) is 23.5 Å². The molecule has 0 unspecified atom stereocenters. The lowest BCUT2D eigenvalue weighted by Crippen LogP contribution is -2.17. The second kappa shape index (κ2) is 9.26. The molecular weight excluding hydrogens is 386 g/mol. The van der Waals surface area contributed by atoms with Crippen LogP contribution in [0.15, 0.2) is 36.4 Å². The van der Waals surface area contributed by atoms with Gasteiger partial charge in [-0.05, 0) is 47.9 Å². The van der Waals surface area contributed by atoms with Gasteiger partial charge in [0.2, 0.25) is 0 Å². The molecule has 1 fully saturated rings. The summed E-state index contributed by atoms with van der Waals surface area (Å²) < 4.78 is 0. The van der Waals surface area contributed by atoms with Crippen molar-refractivity contribution >= 4 is 23.1 Å². The number of fused-ring (bicyclic) bond motifs is 1. The fourth-order valence-corrected chi connectivity index (χ4v) is 6.11. The second-order valence-electron chi connectivity index (χ2n) is 10.1. The van der Waals surface area contributed by atoms with E-state index in [9.17, 15) is 5.11 Å². The summed E-state index contributed by atoms with van der Waals surface area (Å²) in [5.74, 6) is 1.39. The van der Waals surface area contributed by atoms with Gasteiger partial charge in [-0.2, -0.15) is 11.8 Å². The van der Waals surface area contributed by atoms with Crippen LogP contribution in [-0.2, 0) is 17.6 Å². The molecule has 2 aromatic rings. The summed E-state index contributed by atoms with van der Waals surface area (Å²) in [7, 11) is 0. The Hall–Kier alpha value is -1.61. The van der Waals surface area contributed by atoms with E-state index in [1.54, 1.807) is 0 Å². The third-order valence-corrected chi connectivity index (χ3v) is 8.16. The van der Waals surface area contributed by atoms with Gasteiger partial charge < -0.3 is 10.0 Å².